The van der Waals surface area contributed by atoms with Crippen LogP contribution >= 0.6 is 0 Å². The smallest absolute Gasteiger partial charge is 0.256 e. The van der Waals surface area contributed by atoms with Gasteiger partial charge in [-0.25, -0.2) is 4.98 Å². The van der Waals surface area contributed by atoms with Crippen molar-refractivity contribution in [2.45, 2.75) is 39.5 Å². The molecule has 1 aromatic rings. The summed E-state index contributed by atoms with van der Waals surface area (Å²) in [6, 6.07) is 0. The number of aromatic amines is 1. The van der Waals surface area contributed by atoms with E-state index in [-0.39, 0.29) is 17.4 Å². The van der Waals surface area contributed by atoms with Crippen LogP contribution in [0.3, 0.4) is 0 Å². The standard InChI is InChI=1S/C10H17N3O/c1-5(2)7-8(11)12-9(6(3)4)13-10(7)14/h5-6H,1-4H3,(H3,11,12,13,14). The van der Waals surface area contributed by atoms with Gasteiger partial charge in [0.2, 0.25) is 0 Å². The molecule has 0 fully saturated rings. The summed E-state index contributed by atoms with van der Waals surface area (Å²) in [6.07, 6.45) is 0. The third-order valence-corrected chi connectivity index (χ3v) is 2.13. The molecule has 0 bridgehead atoms. The van der Waals surface area contributed by atoms with Crippen LogP contribution in [0.4, 0.5) is 5.82 Å². The summed E-state index contributed by atoms with van der Waals surface area (Å²) in [5.41, 5.74) is 6.19. The Balaban J connectivity index is 3.33. The van der Waals surface area contributed by atoms with Crippen LogP contribution in [-0.2, 0) is 0 Å². The van der Waals surface area contributed by atoms with Gasteiger partial charge in [0.15, 0.2) is 0 Å². The molecule has 0 spiro atoms. The van der Waals surface area contributed by atoms with Crippen LogP contribution in [0.15, 0.2) is 4.79 Å². The van der Waals surface area contributed by atoms with E-state index in [1.165, 1.54) is 0 Å². The van der Waals surface area contributed by atoms with E-state index in [2.05, 4.69) is 9.97 Å². The minimum atomic E-state index is -0.115. The first-order valence-electron chi connectivity index (χ1n) is 4.83. The number of nitrogens with zero attached hydrogens (tertiary/aromatic N) is 1. The number of rotatable bonds is 2. The lowest BCUT2D eigenvalue weighted by Gasteiger charge is -2.10. The van der Waals surface area contributed by atoms with E-state index < -0.39 is 0 Å². The Bertz CT molecular complexity index is 379. The quantitative estimate of drug-likeness (QED) is 0.752. The molecule has 1 aromatic heterocycles. The zero-order valence-corrected chi connectivity index (χ0v) is 9.09. The number of H-pyrrole nitrogens is 1. The zero-order chi connectivity index (χ0) is 10.9. The molecule has 0 aliphatic heterocycles. The first-order valence-corrected chi connectivity index (χ1v) is 4.83. The number of anilines is 1. The van der Waals surface area contributed by atoms with E-state index in [9.17, 15) is 4.79 Å². The highest BCUT2D eigenvalue weighted by atomic mass is 16.1. The molecule has 4 heteroatoms. The summed E-state index contributed by atoms with van der Waals surface area (Å²) in [6.45, 7) is 7.79. The maximum Gasteiger partial charge on any atom is 0.256 e. The summed E-state index contributed by atoms with van der Waals surface area (Å²) >= 11 is 0. The molecule has 0 saturated heterocycles. The molecule has 0 aliphatic carbocycles. The largest absolute Gasteiger partial charge is 0.383 e. The summed E-state index contributed by atoms with van der Waals surface area (Å²) in [5, 5.41) is 0. The number of hydrogen-bond donors (Lipinski definition) is 2. The molecular weight excluding hydrogens is 178 g/mol. The Morgan fingerprint density at radius 2 is 1.79 bits per heavy atom. The van der Waals surface area contributed by atoms with Crippen LogP contribution in [-0.4, -0.2) is 9.97 Å². The van der Waals surface area contributed by atoms with Gasteiger partial charge in [-0.05, 0) is 5.92 Å². The molecule has 0 aromatic carbocycles. The number of nitrogens with two attached hydrogens (primary N) is 1. The Morgan fingerprint density at radius 1 is 1.21 bits per heavy atom. The molecule has 1 rings (SSSR count). The first kappa shape index (κ1) is 10.8. The Labute approximate surface area is 83.6 Å². The fourth-order valence-electron chi connectivity index (χ4n) is 1.35. The second-order valence-electron chi connectivity index (χ2n) is 4.06. The van der Waals surface area contributed by atoms with E-state index >= 15 is 0 Å². The highest BCUT2D eigenvalue weighted by molar-refractivity contribution is 5.39. The summed E-state index contributed by atoms with van der Waals surface area (Å²) in [4.78, 5) is 18.6. The van der Waals surface area contributed by atoms with Crippen molar-refractivity contribution in [1.29, 1.82) is 0 Å². The van der Waals surface area contributed by atoms with Gasteiger partial charge in [0, 0.05) is 5.92 Å². The van der Waals surface area contributed by atoms with E-state index in [0.29, 0.717) is 17.2 Å². The van der Waals surface area contributed by atoms with Gasteiger partial charge >= 0.3 is 0 Å². The van der Waals surface area contributed by atoms with Gasteiger partial charge in [0.1, 0.15) is 11.6 Å². The zero-order valence-electron chi connectivity index (χ0n) is 9.09. The molecule has 0 atom stereocenters. The fourth-order valence-corrected chi connectivity index (χ4v) is 1.35. The molecule has 0 aliphatic rings. The molecule has 0 saturated carbocycles. The number of aromatic nitrogens is 2. The van der Waals surface area contributed by atoms with Gasteiger partial charge in [0.05, 0.1) is 5.56 Å². The summed E-state index contributed by atoms with van der Waals surface area (Å²) in [7, 11) is 0. The van der Waals surface area contributed by atoms with Crippen LogP contribution in [0.5, 0.6) is 0 Å². The Morgan fingerprint density at radius 3 is 2.14 bits per heavy atom. The van der Waals surface area contributed by atoms with Gasteiger partial charge in [0.25, 0.3) is 5.56 Å². The first-order chi connectivity index (χ1) is 6.43. The Kier molecular flexibility index (Phi) is 2.93. The molecule has 0 radical (unpaired) electrons. The molecule has 1 heterocycles. The third-order valence-electron chi connectivity index (χ3n) is 2.13. The predicted molar refractivity (Wildman–Crippen MR) is 57.4 cm³/mol. The SMILES string of the molecule is CC(C)c1nc(N)c(C(C)C)c(=O)[nH]1. The summed E-state index contributed by atoms with van der Waals surface area (Å²) in [5.74, 6) is 1.29. The van der Waals surface area contributed by atoms with E-state index in [4.69, 9.17) is 5.73 Å². The van der Waals surface area contributed by atoms with E-state index in [0.717, 1.165) is 0 Å². The predicted octanol–water partition coefficient (Wildman–Crippen LogP) is 1.60. The Hall–Kier alpha value is -1.32. The lowest BCUT2D eigenvalue weighted by Crippen LogP contribution is -2.21. The van der Waals surface area contributed by atoms with Crippen LogP contribution in [0.1, 0.15) is 50.9 Å². The number of nitrogen functional groups attached to an aromatic ring is 1. The minimum absolute atomic E-state index is 0.104. The van der Waals surface area contributed by atoms with Crippen LogP contribution in [0, 0.1) is 0 Å². The monoisotopic (exact) mass is 195 g/mol. The van der Waals surface area contributed by atoms with Gasteiger partial charge in [-0.15, -0.1) is 0 Å². The lowest BCUT2D eigenvalue weighted by atomic mass is 10.1. The van der Waals surface area contributed by atoms with Crippen molar-refractivity contribution in [3.05, 3.63) is 21.7 Å². The average molecular weight is 195 g/mol. The van der Waals surface area contributed by atoms with E-state index in [1.807, 2.05) is 27.7 Å². The molecule has 4 nitrogen and oxygen atoms in total. The van der Waals surface area contributed by atoms with Gasteiger partial charge in [-0.3, -0.25) is 4.79 Å². The second kappa shape index (κ2) is 3.82. The fraction of sp³-hybridized carbons (Fsp3) is 0.600. The average Bonchev–Trinajstić information content (AvgIpc) is 2.01. The maximum atomic E-state index is 11.6. The second-order valence-corrected chi connectivity index (χ2v) is 4.06. The molecular formula is C10H17N3O. The number of hydrogen-bond acceptors (Lipinski definition) is 3. The number of nitrogens with one attached hydrogen (secondary N) is 1. The van der Waals surface area contributed by atoms with Crippen molar-refractivity contribution in [3.63, 3.8) is 0 Å². The molecule has 0 amide bonds. The van der Waals surface area contributed by atoms with Crippen molar-refractivity contribution in [2.24, 2.45) is 0 Å². The van der Waals surface area contributed by atoms with Gasteiger partial charge in [-0.2, -0.15) is 0 Å². The molecule has 3 N–H and O–H groups in total. The van der Waals surface area contributed by atoms with Crippen LogP contribution in [0.25, 0.3) is 0 Å². The maximum absolute atomic E-state index is 11.6. The molecule has 78 valence electrons. The van der Waals surface area contributed by atoms with E-state index in [1.54, 1.807) is 0 Å². The van der Waals surface area contributed by atoms with Crippen molar-refractivity contribution in [1.82, 2.24) is 9.97 Å². The normalized spacial score (nSPS) is 11.3. The topological polar surface area (TPSA) is 71.8 Å². The van der Waals surface area contributed by atoms with Gasteiger partial charge in [-0.1, -0.05) is 27.7 Å². The van der Waals surface area contributed by atoms with Crippen molar-refractivity contribution in [2.75, 3.05) is 5.73 Å². The minimum Gasteiger partial charge on any atom is -0.383 e. The third kappa shape index (κ3) is 1.95. The van der Waals surface area contributed by atoms with Crippen molar-refractivity contribution < 1.29 is 0 Å². The highest BCUT2D eigenvalue weighted by Crippen LogP contribution is 2.16. The van der Waals surface area contributed by atoms with Crippen LogP contribution < -0.4 is 11.3 Å². The van der Waals surface area contributed by atoms with Crippen molar-refractivity contribution >= 4 is 5.82 Å². The molecule has 0 unspecified atom stereocenters. The van der Waals surface area contributed by atoms with Crippen LogP contribution in [0.2, 0.25) is 0 Å². The summed E-state index contributed by atoms with van der Waals surface area (Å²) < 4.78 is 0. The van der Waals surface area contributed by atoms with Gasteiger partial charge < -0.3 is 10.7 Å². The lowest BCUT2D eigenvalue weighted by molar-refractivity contribution is 0.746. The molecule has 14 heavy (non-hydrogen) atoms. The highest BCUT2D eigenvalue weighted by Gasteiger charge is 2.13. The van der Waals surface area contributed by atoms with Crippen molar-refractivity contribution in [3.8, 4) is 0 Å².